The van der Waals surface area contributed by atoms with Gasteiger partial charge in [-0.3, -0.25) is 10.1 Å². The van der Waals surface area contributed by atoms with E-state index in [0.29, 0.717) is 17.9 Å². The van der Waals surface area contributed by atoms with Crippen LogP contribution in [-0.2, 0) is 11.3 Å². The average Bonchev–Trinajstić information content (AvgIpc) is 2.86. The van der Waals surface area contributed by atoms with Crippen LogP contribution in [0, 0.1) is 11.6 Å². The highest BCUT2D eigenvalue weighted by atomic mass is 35.5. The maximum Gasteiger partial charge on any atom is 0.411 e. The average molecular weight is 548 g/mol. The molecule has 38 heavy (non-hydrogen) atoms. The SMILES string of the molecule is CN1CCN(CCCCOC(=O)Nc2cccc(Cn3nc(-c4cc(F)cc(F)c4)ccc3=O)c2)CC1.Cl. The van der Waals surface area contributed by atoms with Crippen LogP contribution in [0.1, 0.15) is 18.4 Å². The van der Waals surface area contributed by atoms with Gasteiger partial charge in [-0.1, -0.05) is 12.1 Å². The third kappa shape index (κ3) is 8.61. The number of nitrogens with one attached hydrogen (secondary N) is 1. The summed E-state index contributed by atoms with van der Waals surface area (Å²) >= 11 is 0. The number of benzene rings is 2. The molecule has 1 amide bonds. The van der Waals surface area contributed by atoms with Crippen LogP contribution in [0.25, 0.3) is 11.3 Å². The Morgan fingerprint density at radius 2 is 1.74 bits per heavy atom. The number of aromatic nitrogens is 2. The molecule has 11 heteroatoms. The molecule has 3 aromatic rings. The van der Waals surface area contributed by atoms with Crippen molar-refractivity contribution in [3.05, 3.63) is 82.1 Å². The molecule has 1 N–H and O–H groups in total. The summed E-state index contributed by atoms with van der Waals surface area (Å²) in [5.74, 6) is -1.45. The van der Waals surface area contributed by atoms with Crippen molar-refractivity contribution in [2.45, 2.75) is 19.4 Å². The molecule has 0 bridgehead atoms. The Bertz CT molecular complexity index is 1260. The van der Waals surface area contributed by atoms with Crippen LogP contribution < -0.4 is 10.9 Å². The van der Waals surface area contributed by atoms with Gasteiger partial charge in [-0.05, 0) is 62.3 Å². The van der Waals surface area contributed by atoms with Gasteiger partial charge in [-0.2, -0.15) is 5.10 Å². The number of halogens is 3. The van der Waals surface area contributed by atoms with Crippen molar-refractivity contribution in [3.63, 3.8) is 0 Å². The van der Waals surface area contributed by atoms with E-state index in [0.717, 1.165) is 63.8 Å². The number of piperazine rings is 1. The van der Waals surface area contributed by atoms with Crippen LogP contribution in [0.4, 0.5) is 19.3 Å². The molecule has 2 heterocycles. The lowest BCUT2D eigenvalue weighted by molar-refractivity contribution is 0.140. The zero-order chi connectivity index (χ0) is 26.2. The molecular weight excluding hydrogens is 516 g/mol. The second-order valence-electron chi connectivity index (χ2n) is 9.19. The molecule has 8 nitrogen and oxygen atoms in total. The summed E-state index contributed by atoms with van der Waals surface area (Å²) in [5.41, 5.74) is 1.37. The van der Waals surface area contributed by atoms with Crippen LogP contribution in [0.2, 0.25) is 0 Å². The Hall–Kier alpha value is -3.34. The molecular formula is C27H32ClF2N5O3. The summed E-state index contributed by atoms with van der Waals surface area (Å²) in [6.07, 6.45) is 1.22. The third-order valence-electron chi connectivity index (χ3n) is 6.23. The molecule has 0 unspecified atom stereocenters. The van der Waals surface area contributed by atoms with Crippen molar-refractivity contribution in [1.82, 2.24) is 19.6 Å². The molecule has 0 aliphatic carbocycles. The predicted molar refractivity (Wildman–Crippen MR) is 145 cm³/mol. The molecule has 1 saturated heterocycles. The topological polar surface area (TPSA) is 79.7 Å². The van der Waals surface area contributed by atoms with Gasteiger partial charge < -0.3 is 14.5 Å². The Kier molecular flexibility index (Phi) is 10.8. The Labute approximate surface area is 226 Å². The summed E-state index contributed by atoms with van der Waals surface area (Å²) in [6.45, 7) is 5.77. The molecule has 0 radical (unpaired) electrons. The van der Waals surface area contributed by atoms with Crippen LogP contribution >= 0.6 is 12.4 Å². The van der Waals surface area contributed by atoms with Crippen molar-refractivity contribution in [3.8, 4) is 11.3 Å². The van der Waals surface area contributed by atoms with Crippen molar-refractivity contribution >= 4 is 24.2 Å². The molecule has 0 spiro atoms. The molecule has 1 fully saturated rings. The minimum Gasteiger partial charge on any atom is -0.449 e. The maximum atomic E-state index is 13.6. The van der Waals surface area contributed by atoms with Gasteiger partial charge in [-0.25, -0.2) is 18.3 Å². The van der Waals surface area contributed by atoms with Crippen molar-refractivity contribution in [1.29, 1.82) is 0 Å². The van der Waals surface area contributed by atoms with Gasteiger partial charge >= 0.3 is 6.09 Å². The number of rotatable bonds is 9. The van der Waals surface area contributed by atoms with Crippen LogP contribution in [-0.4, -0.2) is 72.1 Å². The quantitative estimate of drug-likeness (QED) is 0.404. The first-order valence-corrected chi connectivity index (χ1v) is 12.3. The number of carbonyl (C=O) groups is 1. The van der Waals surface area contributed by atoms with E-state index in [9.17, 15) is 18.4 Å². The van der Waals surface area contributed by atoms with Gasteiger partial charge in [0.25, 0.3) is 5.56 Å². The second kappa shape index (κ2) is 14.0. The van der Waals surface area contributed by atoms with Crippen LogP contribution in [0.15, 0.2) is 59.4 Å². The number of carbonyl (C=O) groups excluding carboxylic acids is 1. The van der Waals surface area contributed by atoms with E-state index in [-0.39, 0.29) is 35.8 Å². The zero-order valence-corrected chi connectivity index (χ0v) is 22.1. The first-order valence-electron chi connectivity index (χ1n) is 12.3. The molecule has 1 aromatic heterocycles. The molecule has 1 aliphatic heterocycles. The van der Waals surface area contributed by atoms with Crippen molar-refractivity contribution < 1.29 is 18.3 Å². The van der Waals surface area contributed by atoms with E-state index < -0.39 is 17.7 Å². The largest absolute Gasteiger partial charge is 0.449 e. The summed E-state index contributed by atoms with van der Waals surface area (Å²) in [7, 11) is 2.13. The van der Waals surface area contributed by atoms with Crippen molar-refractivity contribution in [2.24, 2.45) is 0 Å². The summed E-state index contributed by atoms with van der Waals surface area (Å²) in [4.78, 5) is 29.3. The predicted octanol–water partition coefficient (Wildman–Crippen LogP) is 4.23. The summed E-state index contributed by atoms with van der Waals surface area (Å²) in [5, 5.41) is 6.97. The third-order valence-corrected chi connectivity index (χ3v) is 6.23. The number of hydrogen-bond acceptors (Lipinski definition) is 6. The monoisotopic (exact) mass is 547 g/mol. The van der Waals surface area contributed by atoms with E-state index in [1.165, 1.54) is 16.8 Å². The van der Waals surface area contributed by atoms with E-state index in [2.05, 4.69) is 27.3 Å². The summed E-state index contributed by atoms with van der Waals surface area (Å²) in [6, 6.07) is 12.8. The van der Waals surface area contributed by atoms with Gasteiger partial charge in [0.15, 0.2) is 0 Å². The molecule has 1 aliphatic rings. The number of ether oxygens (including phenoxy) is 1. The number of nitrogens with zero attached hydrogens (tertiary/aromatic N) is 4. The van der Waals surface area contributed by atoms with E-state index in [4.69, 9.17) is 4.74 Å². The Balaban J connectivity index is 0.00000400. The van der Waals surface area contributed by atoms with Gasteiger partial charge in [0.1, 0.15) is 11.6 Å². The molecule has 204 valence electrons. The lowest BCUT2D eigenvalue weighted by atomic mass is 10.1. The Morgan fingerprint density at radius 3 is 2.47 bits per heavy atom. The highest BCUT2D eigenvalue weighted by molar-refractivity contribution is 5.85. The summed E-state index contributed by atoms with van der Waals surface area (Å²) < 4.78 is 33.7. The molecule has 0 atom stereocenters. The zero-order valence-electron chi connectivity index (χ0n) is 21.2. The van der Waals surface area contributed by atoms with Crippen LogP contribution in [0.5, 0.6) is 0 Å². The van der Waals surface area contributed by atoms with Gasteiger partial charge in [0, 0.05) is 49.6 Å². The lowest BCUT2D eigenvalue weighted by Crippen LogP contribution is -2.44. The lowest BCUT2D eigenvalue weighted by Gasteiger charge is -2.32. The fourth-order valence-corrected chi connectivity index (χ4v) is 4.17. The highest BCUT2D eigenvalue weighted by Crippen LogP contribution is 2.19. The van der Waals surface area contributed by atoms with Crippen molar-refractivity contribution in [2.75, 3.05) is 51.7 Å². The fourth-order valence-electron chi connectivity index (χ4n) is 4.17. The standard InChI is InChI=1S/C27H31F2N5O3.ClH/c1-32-10-12-33(13-11-32)9-2-3-14-37-27(36)30-24-6-4-5-20(15-24)19-34-26(35)8-7-25(31-34)21-16-22(28)18-23(29)17-21;/h4-8,15-18H,2-3,9-14,19H2,1H3,(H,30,36);1H. The number of anilines is 1. The fraction of sp³-hybridized carbons (Fsp3) is 0.370. The molecule has 4 rings (SSSR count). The second-order valence-corrected chi connectivity index (χ2v) is 9.19. The van der Waals surface area contributed by atoms with Gasteiger partial charge in [-0.15, -0.1) is 12.4 Å². The number of amides is 1. The van der Waals surface area contributed by atoms with Crippen LogP contribution in [0.3, 0.4) is 0 Å². The van der Waals surface area contributed by atoms with Gasteiger partial charge in [0.05, 0.1) is 18.8 Å². The number of hydrogen-bond donors (Lipinski definition) is 1. The molecule has 2 aromatic carbocycles. The van der Waals surface area contributed by atoms with Gasteiger partial charge in [0.2, 0.25) is 0 Å². The number of likely N-dealkylation sites (N-methyl/N-ethyl adjacent to an activating group) is 1. The number of unbranched alkanes of at least 4 members (excludes halogenated alkanes) is 1. The highest BCUT2D eigenvalue weighted by Gasteiger charge is 2.13. The minimum atomic E-state index is -0.727. The minimum absolute atomic E-state index is 0. The Morgan fingerprint density at radius 1 is 1.00 bits per heavy atom. The first-order chi connectivity index (χ1) is 17.9. The normalized spacial score (nSPS) is 14.1. The van der Waals surface area contributed by atoms with E-state index in [1.807, 2.05) is 0 Å². The first kappa shape index (κ1) is 29.2. The van der Waals surface area contributed by atoms with E-state index >= 15 is 0 Å². The van der Waals surface area contributed by atoms with E-state index in [1.54, 1.807) is 24.3 Å². The molecule has 0 saturated carbocycles. The maximum absolute atomic E-state index is 13.6. The smallest absolute Gasteiger partial charge is 0.411 e.